The molecule has 2 aromatic rings. The molecule has 0 heterocycles. The Hall–Kier alpha value is -3.02. The zero-order valence-corrected chi connectivity index (χ0v) is 23.5. The number of alkyl carbamates (subject to hydrolysis) is 1. The van der Waals surface area contributed by atoms with Crippen LogP contribution in [0, 0.1) is 17.8 Å². The molecule has 2 bridgehead atoms. The summed E-state index contributed by atoms with van der Waals surface area (Å²) < 4.78 is 17.1. The summed E-state index contributed by atoms with van der Waals surface area (Å²) in [7, 11) is 0. The molecule has 1 spiro atoms. The molecule has 6 nitrogen and oxygen atoms in total. The van der Waals surface area contributed by atoms with Crippen LogP contribution in [0.4, 0.5) is 4.79 Å². The van der Waals surface area contributed by atoms with Gasteiger partial charge >= 0.3 is 12.1 Å². The lowest BCUT2D eigenvalue weighted by atomic mass is 9.61. The van der Waals surface area contributed by atoms with Crippen LogP contribution >= 0.6 is 0 Å². The van der Waals surface area contributed by atoms with Gasteiger partial charge in [-0.2, -0.15) is 0 Å². The van der Waals surface area contributed by atoms with E-state index in [0.29, 0.717) is 11.8 Å². The number of rotatable bonds is 11. The van der Waals surface area contributed by atoms with Crippen LogP contribution in [0.25, 0.3) is 0 Å². The molecule has 3 aliphatic rings. The SMILES string of the molecule is CCCCC(CC)C(=O)OCOc1ccc2c(c1)[C@]13CCCC[C@@H]1C(NC(=O)OCc1ccccc1)C(C2)C3. The standard InChI is InChI=1S/C33H43NO5/c1-3-5-13-24(4-2)31(35)39-22-38-27-16-15-25-18-26-20-33(29(25)19-27)17-10-9-14-28(33)30(26)34-32(36)37-21-23-11-7-6-8-12-23/h6-8,11-12,15-16,19,24,26,28,30H,3-5,9-10,13-14,17-18,20-22H2,1-2H3,(H,34,36)/t24?,26?,28-,30?,33+/m1/s1. The minimum Gasteiger partial charge on any atom is -0.457 e. The van der Waals surface area contributed by atoms with Gasteiger partial charge in [-0.3, -0.25) is 4.79 Å². The highest BCUT2D eigenvalue weighted by molar-refractivity contribution is 5.72. The summed E-state index contributed by atoms with van der Waals surface area (Å²) in [6.45, 7) is 4.39. The number of carbonyl (C=O) groups excluding carboxylic acids is 2. The quantitative estimate of drug-likeness (QED) is 0.247. The summed E-state index contributed by atoms with van der Waals surface area (Å²) >= 11 is 0. The minimum absolute atomic E-state index is 0.0530. The Morgan fingerprint density at radius 1 is 1.08 bits per heavy atom. The number of fused-ring (bicyclic) bond motifs is 2. The van der Waals surface area contributed by atoms with E-state index in [1.807, 2.05) is 43.3 Å². The van der Waals surface area contributed by atoms with Gasteiger partial charge < -0.3 is 19.5 Å². The largest absolute Gasteiger partial charge is 0.457 e. The molecular formula is C33H43NO5. The second-order valence-electron chi connectivity index (χ2n) is 11.7. The summed E-state index contributed by atoms with van der Waals surface area (Å²) in [5, 5.41) is 3.29. The van der Waals surface area contributed by atoms with Crippen molar-refractivity contribution in [3.05, 3.63) is 65.2 Å². The predicted molar refractivity (Wildman–Crippen MR) is 150 cm³/mol. The molecule has 39 heavy (non-hydrogen) atoms. The van der Waals surface area contributed by atoms with Crippen molar-refractivity contribution < 1.29 is 23.8 Å². The van der Waals surface area contributed by atoms with Crippen molar-refractivity contribution in [1.29, 1.82) is 0 Å². The van der Waals surface area contributed by atoms with Gasteiger partial charge in [0.25, 0.3) is 0 Å². The Morgan fingerprint density at radius 3 is 2.72 bits per heavy atom. The Bertz CT molecular complexity index is 1130. The fraction of sp³-hybridized carbons (Fsp3) is 0.576. The highest BCUT2D eigenvalue weighted by Gasteiger charge is 2.58. The number of esters is 1. The van der Waals surface area contributed by atoms with Gasteiger partial charge in [0.1, 0.15) is 12.4 Å². The molecule has 5 rings (SSSR count). The number of nitrogens with one attached hydrogen (secondary N) is 1. The van der Waals surface area contributed by atoms with Crippen molar-refractivity contribution in [2.45, 2.75) is 96.1 Å². The lowest BCUT2D eigenvalue weighted by molar-refractivity contribution is -0.155. The topological polar surface area (TPSA) is 73.9 Å². The second-order valence-corrected chi connectivity index (χ2v) is 11.7. The Kier molecular flexibility index (Phi) is 8.79. The van der Waals surface area contributed by atoms with E-state index in [2.05, 4.69) is 24.4 Å². The molecule has 6 heteroatoms. The van der Waals surface area contributed by atoms with Crippen LogP contribution < -0.4 is 10.1 Å². The molecule has 210 valence electrons. The Labute approximate surface area is 232 Å². The van der Waals surface area contributed by atoms with Gasteiger partial charge in [-0.05, 0) is 79.2 Å². The maximum Gasteiger partial charge on any atom is 0.407 e. The third-order valence-electron chi connectivity index (χ3n) is 9.42. The van der Waals surface area contributed by atoms with Crippen LogP contribution in [0.15, 0.2) is 48.5 Å². The first-order valence-corrected chi connectivity index (χ1v) is 14.9. The zero-order valence-electron chi connectivity index (χ0n) is 23.5. The van der Waals surface area contributed by atoms with Gasteiger partial charge in [0.05, 0.1) is 5.92 Å². The fourth-order valence-electron chi connectivity index (χ4n) is 7.51. The fourth-order valence-corrected chi connectivity index (χ4v) is 7.51. The summed E-state index contributed by atoms with van der Waals surface area (Å²) in [6.07, 6.45) is 10.1. The number of hydrogen-bond donors (Lipinski definition) is 1. The molecular weight excluding hydrogens is 490 g/mol. The van der Waals surface area contributed by atoms with Gasteiger partial charge in [0, 0.05) is 11.5 Å². The van der Waals surface area contributed by atoms with Crippen LogP contribution in [-0.4, -0.2) is 24.9 Å². The summed E-state index contributed by atoms with van der Waals surface area (Å²) in [5.74, 6) is 1.32. The molecule has 3 aliphatic carbocycles. The summed E-state index contributed by atoms with van der Waals surface area (Å²) in [4.78, 5) is 25.4. The molecule has 1 amide bonds. The van der Waals surface area contributed by atoms with E-state index in [0.717, 1.165) is 62.7 Å². The molecule has 0 aromatic heterocycles. The van der Waals surface area contributed by atoms with Crippen LogP contribution in [0.2, 0.25) is 0 Å². The zero-order chi connectivity index (χ0) is 27.2. The van der Waals surface area contributed by atoms with Crippen molar-refractivity contribution in [1.82, 2.24) is 5.32 Å². The minimum atomic E-state index is -0.323. The average Bonchev–Trinajstić information content (AvgIpc) is 3.21. The van der Waals surface area contributed by atoms with E-state index in [9.17, 15) is 9.59 Å². The van der Waals surface area contributed by atoms with Gasteiger partial charge in [0.15, 0.2) is 0 Å². The average molecular weight is 534 g/mol. The lowest BCUT2D eigenvalue weighted by Gasteiger charge is -2.43. The first kappa shape index (κ1) is 27.5. The predicted octanol–water partition coefficient (Wildman–Crippen LogP) is 7.08. The third kappa shape index (κ3) is 5.95. The second kappa shape index (κ2) is 12.4. The number of ether oxygens (including phenoxy) is 3. The van der Waals surface area contributed by atoms with Gasteiger partial charge in [-0.15, -0.1) is 0 Å². The Morgan fingerprint density at radius 2 is 1.92 bits per heavy atom. The van der Waals surface area contributed by atoms with Crippen molar-refractivity contribution in [3.8, 4) is 5.75 Å². The van der Waals surface area contributed by atoms with Crippen LogP contribution in [0.5, 0.6) is 5.75 Å². The number of benzene rings is 2. The molecule has 3 unspecified atom stereocenters. The van der Waals surface area contributed by atoms with E-state index in [4.69, 9.17) is 14.2 Å². The van der Waals surface area contributed by atoms with Crippen molar-refractivity contribution >= 4 is 12.1 Å². The first-order chi connectivity index (χ1) is 19.0. The van der Waals surface area contributed by atoms with Crippen LogP contribution in [0.1, 0.15) is 88.3 Å². The van der Waals surface area contributed by atoms with Gasteiger partial charge in [-0.25, -0.2) is 4.79 Å². The van der Waals surface area contributed by atoms with Gasteiger partial charge in [0.2, 0.25) is 6.79 Å². The van der Waals surface area contributed by atoms with E-state index in [-0.39, 0.29) is 42.8 Å². The number of amides is 1. The number of unbranched alkanes of at least 4 members (excludes halogenated alkanes) is 1. The molecule has 1 N–H and O–H groups in total. The summed E-state index contributed by atoms with van der Waals surface area (Å²) in [6, 6.07) is 16.3. The summed E-state index contributed by atoms with van der Waals surface area (Å²) in [5.41, 5.74) is 3.76. The number of hydrogen-bond acceptors (Lipinski definition) is 5. The normalized spacial score (nSPS) is 25.6. The molecule has 2 saturated carbocycles. The van der Waals surface area contributed by atoms with Crippen molar-refractivity contribution in [2.75, 3.05) is 6.79 Å². The maximum absolute atomic E-state index is 12.9. The van der Waals surface area contributed by atoms with E-state index < -0.39 is 0 Å². The molecule has 2 aromatic carbocycles. The highest BCUT2D eigenvalue weighted by Crippen LogP contribution is 2.60. The highest BCUT2D eigenvalue weighted by atomic mass is 16.7. The molecule has 0 aliphatic heterocycles. The van der Waals surface area contributed by atoms with E-state index in [1.165, 1.54) is 24.0 Å². The molecule has 0 saturated heterocycles. The monoisotopic (exact) mass is 533 g/mol. The lowest BCUT2D eigenvalue weighted by Crippen LogP contribution is -2.45. The first-order valence-electron chi connectivity index (χ1n) is 14.9. The Balaban J connectivity index is 1.24. The van der Waals surface area contributed by atoms with E-state index in [1.54, 1.807) is 0 Å². The molecule has 0 radical (unpaired) electrons. The number of carbonyl (C=O) groups is 2. The van der Waals surface area contributed by atoms with E-state index >= 15 is 0 Å². The van der Waals surface area contributed by atoms with Crippen molar-refractivity contribution in [3.63, 3.8) is 0 Å². The maximum atomic E-state index is 12.9. The smallest absolute Gasteiger partial charge is 0.407 e. The third-order valence-corrected chi connectivity index (χ3v) is 9.42. The molecule has 2 fully saturated rings. The van der Waals surface area contributed by atoms with Crippen LogP contribution in [-0.2, 0) is 32.7 Å². The van der Waals surface area contributed by atoms with Crippen molar-refractivity contribution in [2.24, 2.45) is 17.8 Å². The van der Waals surface area contributed by atoms with Gasteiger partial charge in [-0.1, -0.05) is 75.9 Å². The van der Waals surface area contributed by atoms with Crippen LogP contribution in [0.3, 0.4) is 0 Å². The molecule has 5 atom stereocenters.